The zero-order chi connectivity index (χ0) is 22.4. The first-order valence-corrected chi connectivity index (χ1v) is 10.7. The Bertz CT molecular complexity index is 1170. The second kappa shape index (κ2) is 10.5. The normalized spacial score (nSPS) is 11.0. The highest BCUT2D eigenvalue weighted by molar-refractivity contribution is 9.10. The Labute approximate surface area is 194 Å². The van der Waals surface area contributed by atoms with Gasteiger partial charge in [0.2, 0.25) is 0 Å². The van der Waals surface area contributed by atoms with Crippen LogP contribution in [-0.4, -0.2) is 24.8 Å². The molecule has 0 aliphatic heterocycles. The molecule has 7 heteroatoms. The summed E-state index contributed by atoms with van der Waals surface area (Å²) in [7, 11) is 2.97. The first-order chi connectivity index (χ1) is 14.9. The van der Waals surface area contributed by atoms with E-state index < -0.39 is 0 Å². The number of aryl methyl sites for hydroxylation is 1. The van der Waals surface area contributed by atoms with E-state index in [1.54, 1.807) is 29.9 Å². The topological polar surface area (TPSA) is 57.5 Å². The van der Waals surface area contributed by atoms with Gasteiger partial charge < -0.3 is 14.0 Å². The number of rotatable bonds is 7. The molecule has 0 N–H and O–H groups in total. The van der Waals surface area contributed by atoms with Crippen LogP contribution in [0, 0.1) is 0 Å². The lowest BCUT2D eigenvalue weighted by Crippen LogP contribution is -2.24. The summed E-state index contributed by atoms with van der Waals surface area (Å²) in [6.45, 7) is 0.424. The summed E-state index contributed by atoms with van der Waals surface area (Å²) in [6, 6.07) is 16.4. The van der Waals surface area contributed by atoms with Crippen LogP contribution < -0.4 is 10.3 Å². The molecule has 1 aromatic heterocycles. The van der Waals surface area contributed by atoms with Crippen LogP contribution in [0.5, 0.6) is 5.75 Å². The van der Waals surface area contributed by atoms with E-state index in [1.165, 1.54) is 7.11 Å². The molecule has 31 heavy (non-hydrogen) atoms. The van der Waals surface area contributed by atoms with Gasteiger partial charge in [0.05, 0.1) is 25.5 Å². The van der Waals surface area contributed by atoms with Crippen LogP contribution in [-0.2, 0) is 17.7 Å². The predicted molar refractivity (Wildman–Crippen MR) is 127 cm³/mol. The molecule has 0 unspecified atom stereocenters. The second-order valence-corrected chi connectivity index (χ2v) is 7.99. The van der Waals surface area contributed by atoms with Gasteiger partial charge in [-0.05, 0) is 69.9 Å². The van der Waals surface area contributed by atoms with Gasteiger partial charge in [-0.15, -0.1) is 0 Å². The minimum atomic E-state index is -0.383. The highest BCUT2D eigenvalue weighted by atomic mass is 79.9. The fourth-order valence-electron chi connectivity index (χ4n) is 3.09. The van der Waals surface area contributed by atoms with E-state index in [2.05, 4.69) is 15.9 Å². The molecule has 0 radical (unpaired) electrons. The lowest BCUT2D eigenvalue weighted by molar-refractivity contribution is 0.0600. The van der Waals surface area contributed by atoms with E-state index in [0.717, 1.165) is 21.3 Å². The SMILES string of the molecule is COC(=O)c1ccc(CCn2c(/C=C/c3cccc(OC)c3)c(Br)cc(Cl)c2=O)cc1. The molecule has 160 valence electrons. The smallest absolute Gasteiger partial charge is 0.337 e. The van der Waals surface area contributed by atoms with Crippen molar-refractivity contribution in [3.05, 3.63) is 96.8 Å². The van der Waals surface area contributed by atoms with Gasteiger partial charge in [0.25, 0.3) is 5.56 Å². The van der Waals surface area contributed by atoms with Crippen molar-refractivity contribution in [2.75, 3.05) is 14.2 Å². The van der Waals surface area contributed by atoms with Crippen LogP contribution in [0.2, 0.25) is 5.02 Å². The Kier molecular flexibility index (Phi) is 7.71. The molecule has 3 aromatic rings. The predicted octanol–water partition coefficient (Wildman–Crippen LogP) is 5.47. The summed E-state index contributed by atoms with van der Waals surface area (Å²) in [6.07, 6.45) is 4.38. The van der Waals surface area contributed by atoms with E-state index >= 15 is 0 Å². The number of nitrogens with zero attached hydrogens (tertiary/aromatic N) is 1. The number of carbonyl (C=O) groups is 1. The Morgan fingerprint density at radius 2 is 1.84 bits per heavy atom. The molecule has 0 aliphatic carbocycles. The largest absolute Gasteiger partial charge is 0.497 e. The zero-order valence-electron chi connectivity index (χ0n) is 17.1. The maximum absolute atomic E-state index is 12.8. The molecular formula is C24H21BrClNO4. The summed E-state index contributed by atoms with van der Waals surface area (Å²) in [5.74, 6) is 0.372. The van der Waals surface area contributed by atoms with Crippen molar-refractivity contribution in [2.45, 2.75) is 13.0 Å². The van der Waals surface area contributed by atoms with Crippen molar-refractivity contribution in [3.8, 4) is 5.75 Å². The highest BCUT2D eigenvalue weighted by Gasteiger charge is 2.11. The molecule has 5 nitrogen and oxygen atoms in total. The van der Waals surface area contributed by atoms with Gasteiger partial charge in [-0.1, -0.05) is 41.9 Å². The van der Waals surface area contributed by atoms with Gasteiger partial charge >= 0.3 is 5.97 Å². The number of ether oxygens (including phenoxy) is 2. The third kappa shape index (κ3) is 5.66. The van der Waals surface area contributed by atoms with E-state index in [9.17, 15) is 9.59 Å². The Balaban J connectivity index is 1.88. The van der Waals surface area contributed by atoms with Crippen molar-refractivity contribution in [1.82, 2.24) is 4.57 Å². The van der Waals surface area contributed by atoms with E-state index in [-0.39, 0.29) is 16.6 Å². The number of methoxy groups -OCH3 is 2. The number of benzene rings is 2. The Hall–Kier alpha value is -2.83. The fourth-order valence-corrected chi connectivity index (χ4v) is 4.01. The Morgan fingerprint density at radius 3 is 2.52 bits per heavy atom. The van der Waals surface area contributed by atoms with Gasteiger partial charge in [0.15, 0.2) is 0 Å². The standard InChI is InChI=1S/C24H21BrClNO4/c1-30-19-5-3-4-17(14-19)8-11-22-20(25)15-21(26)23(28)27(22)13-12-16-6-9-18(10-7-16)24(29)31-2/h3-11,14-15H,12-13H2,1-2H3/b11-8+. The first kappa shape index (κ1) is 22.8. The van der Waals surface area contributed by atoms with Gasteiger partial charge in [-0.2, -0.15) is 0 Å². The molecule has 3 rings (SSSR count). The molecule has 0 bridgehead atoms. The van der Waals surface area contributed by atoms with Crippen LogP contribution in [0.25, 0.3) is 12.2 Å². The fraction of sp³-hybridized carbons (Fsp3) is 0.167. The maximum Gasteiger partial charge on any atom is 0.337 e. The summed E-state index contributed by atoms with van der Waals surface area (Å²) >= 11 is 9.67. The van der Waals surface area contributed by atoms with Crippen LogP contribution >= 0.6 is 27.5 Å². The van der Waals surface area contributed by atoms with E-state index in [1.807, 2.05) is 48.6 Å². The quantitative estimate of drug-likeness (QED) is 0.402. The van der Waals surface area contributed by atoms with Crippen LogP contribution in [0.15, 0.2) is 63.9 Å². The third-order valence-corrected chi connectivity index (χ3v) is 5.67. The van der Waals surface area contributed by atoms with Gasteiger partial charge in [-0.3, -0.25) is 4.79 Å². The average molecular weight is 503 g/mol. The van der Waals surface area contributed by atoms with Gasteiger partial charge in [-0.25, -0.2) is 4.79 Å². The number of hydrogen-bond donors (Lipinski definition) is 0. The second-order valence-electron chi connectivity index (χ2n) is 6.73. The number of halogens is 2. The number of carbonyl (C=O) groups excluding carboxylic acids is 1. The maximum atomic E-state index is 12.8. The van der Waals surface area contributed by atoms with Crippen molar-refractivity contribution < 1.29 is 14.3 Å². The lowest BCUT2D eigenvalue weighted by atomic mass is 10.1. The van der Waals surface area contributed by atoms with E-state index in [0.29, 0.717) is 24.2 Å². The van der Waals surface area contributed by atoms with Gasteiger partial charge in [0.1, 0.15) is 10.8 Å². The van der Waals surface area contributed by atoms with Crippen molar-refractivity contribution in [1.29, 1.82) is 0 Å². The molecule has 2 aromatic carbocycles. The molecule has 1 heterocycles. The molecule has 0 saturated heterocycles. The van der Waals surface area contributed by atoms with Crippen LogP contribution in [0.1, 0.15) is 27.2 Å². The van der Waals surface area contributed by atoms with Crippen LogP contribution in [0.4, 0.5) is 0 Å². The summed E-state index contributed by atoms with van der Waals surface area (Å²) in [5.41, 5.74) is 2.86. The number of hydrogen-bond acceptors (Lipinski definition) is 4. The van der Waals surface area contributed by atoms with Crippen molar-refractivity contribution in [2.24, 2.45) is 0 Å². The van der Waals surface area contributed by atoms with Crippen molar-refractivity contribution >= 4 is 45.7 Å². The molecule has 0 fully saturated rings. The van der Waals surface area contributed by atoms with Gasteiger partial charge in [0, 0.05) is 11.0 Å². The zero-order valence-corrected chi connectivity index (χ0v) is 19.4. The third-order valence-electron chi connectivity index (χ3n) is 4.76. The van der Waals surface area contributed by atoms with Crippen molar-refractivity contribution in [3.63, 3.8) is 0 Å². The molecule has 0 aliphatic rings. The summed E-state index contributed by atoms with van der Waals surface area (Å²) in [4.78, 5) is 24.3. The van der Waals surface area contributed by atoms with E-state index in [4.69, 9.17) is 21.1 Å². The molecule has 0 spiro atoms. The monoisotopic (exact) mass is 501 g/mol. The molecule has 0 atom stereocenters. The molecule has 0 amide bonds. The number of esters is 1. The molecule has 0 saturated carbocycles. The minimum Gasteiger partial charge on any atom is -0.497 e. The van der Waals surface area contributed by atoms with Crippen LogP contribution in [0.3, 0.4) is 0 Å². The molecular weight excluding hydrogens is 482 g/mol. The highest BCUT2D eigenvalue weighted by Crippen LogP contribution is 2.23. The Morgan fingerprint density at radius 1 is 1.10 bits per heavy atom. The number of aromatic nitrogens is 1. The first-order valence-electron chi connectivity index (χ1n) is 9.51. The lowest BCUT2D eigenvalue weighted by Gasteiger charge is -2.13. The minimum absolute atomic E-state index is 0.145. The average Bonchev–Trinajstić information content (AvgIpc) is 2.79. The summed E-state index contributed by atoms with van der Waals surface area (Å²) in [5, 5.41) is 0.145. The number of pyridine rings is 1. The summed E-state index contributed by atoms with van der Waals surface area (Å²) < 4.78 is 12.3.